The van der Waals surface area contributed by atoms with Crippen molar-refractivity contribution in [2.24, 2.45) is 0 Å². The second kappa shape index (κ2) is 10.5. The second-order valence-corrected chi connectivity index (χ2v) is 8.61. The van der Waals surface area contributed by atoms with Gasteiger partial charge in [-0.05, 0) is 64.2 Å². The topological polar surface area (TPSA) is 93.7 Å². The van der Waals surface area contributed by atoms with Crippen LogP contribution in [0.5, 0.6) is 0 Å². The first kappa shape index (κ1) is 23.7. The highest BCUT2D eigenvalue weighted by molar-refractivity contribution is 6.30. The number of ether oxygens (including phenoxy) is 2. The zero-order valence-electron chi connectivity index (χ0n) is 17.8. The van der Waals surface area contributed by atoms with Gasteiger partial charge in [0, 0.05) is 17.1 Å². The normalized spacial score (nSPS) is 15.2. The molecule has 164 valence electrons. The number of nitrogens with one attached hydrogen (secondary N) is 2. The lowest BCUT2D eigenvalue weighted by molar-refractivity contribution is -0.136. The van der Waals surface area contributed by atoms with Crippen LogP contribution in [0.4, 0.5) is 4.79 Å². The molecule has 1 aromatic carbocycles. The zero-order valence-corrected chi connectivity index (χ0v) is 18.6. The molecular weight excluding hydrogens is 408 g/mol. The van der Waals surface area contributed by atoms with E-state index in [4.69, 9.17) is 21.1 Å². The van der Waals surface area contributed by atoms with E-state index in [1.807, 2.05) is 0 Å². The Labute approximate surface area is 182 Å². The smallest absolute Gasteiger partial charge is 0.408 e. The summed E-state index contributed by atoms with van der Waals surface area (Å²) in [7, 11) is 1.32. The summed E-state index contributed by atoms with van der Waals surface area (Å²) in [5.74, 6) is -0.867. The van der Waals surface area contributed by atoms with Gasteiger partial charge in [0.25, 0.3) is 0 Å². The summed E-state index contributed by atoms with van der Waals surface area (Å²) in [4.78, 5) is 37.4. The van der Waals surface area contributed by atoms with Crippen LogP contribution in [0.25, 0.3) is 0 Å². The Hall–Kier alpha value is -2.54. The van der Waals surface area contributed by atoms with Gasteiger partial charge in [-0.3, -0.25) is 4.79 Å². The lowest BCUT2D eigenvalue weighted by Gasteiger charge is -2.25. The Morgan fingerprint density at radius 3 is 2.33 bits per heavy atom. The van der Waals surface area contributed by atoms with Gasteiger partial charge in [0.15, 0.2) is 0 Å². The van der Waals surface area contributed by atoms with Crippen molar-refractivity contribution >= 4 is 29.6 Å². The molecule has 2 rings (SSSR count). The molecule has 30 heavy (non-hydrogen) atoms. The van der Waals surface area contributed by atoms with E-state index in [9.17, 15) is 14.4 Å². The summed E-state index contributed by atoms with van der Waals surface area (Å²) in [5, 5.41) is 6.05. The molecule has 0 radical (unpaired) electrons. The Kier molecular flexibility index (Phi) is 8.29. The van der Waals surface area contributed by atoms with Gasteiger partial charge in [0.1, 0.15) is 11.6 Å². The molecule has 0 heterocycles. The minimum atomic E-state index is -0.894. The molecule has 0 aromatic heterocycles. The molecule has 1 aliphatic rings. The summed E-state index contributed by atoms with van der Waals surface area (Å²) in [6.45, 7) is 5.24. The van der Waals surface area contributed by atoms with Crippen molar-refractivity contribution in [1.29, 1.82) is 0 Å². The van der Waals surface area contributed by atoms with E-state index in [-0.39, 0.29) is 6.42 Å². The maximum absolute atomic E-state index is 13.0. The first-order valence-corrected chi connectivity index (χ1v) is 10.3. The van der Waals surface area contributed by atoms with Gasteiger partial charge in [0.05, 0.1) is 12.7 Å². The highest BCUT2D eigenvalue weighted by Crippen LogP contribution is 2.24. The van der Waals surface area contributed by atoms with Gasteiger partial charge in [-0.15, -0.1) is 0 Å². The first-order chi connectivity index (χ1) is 14.1. The molecule has 1 aromatic rings. The predicted molar refractivity (Wildman–Crippen MR) is 114 cm³/mol. The van der Waals surface area contributed by atoms with E-state index in [0.29, 0.717) is 29.1 Å². The maximum atomic E-state index is 13.0. The van der Waals surface area contributed by atoms with Gasteiger partial charge in [-0.2, -0.15) is 0 Å². The van der Waals surface area contributed by atoms with E-state index < -0.39 is 29.6 Å². The molecule has 1 atom stereocenters. The van der Waals surface area contributed by atoms with Crippen molar-refractivity contribution in [2.45, 2.75) is 64.5 Å². The van der Waals surface area contributed by atoms with Crippen molar-refractivity contribution in [3.63, 3.8) is 0 Å². The van der Waals surface area contributed by atoms with Gasteiger partial charge >= 0.3 is 12.1 Å². The number of amides is 2. The van der Waals surface area contributed by atoms with Gasteiger partial charge in [0.2, 0.25) is 5.91 Å². The number of halogens is 1. The van der Waals surface area contributed by atoms with E-state index in [1.54, 1.807) is 45.0 Å². The predicted octanol–water partition coefficient (Wildman–Crippen LogP) is 3.89. The van der Waals surface area contributed by atoms with Crippen LogP contribution in [0.15, 0.2) is 35.5 Å². The second-order valence-electron chi connectivity index (χ2n) is 8.17. The molecule has 0 saturated heterocycles. The molecule has 2 amide bonds. The molecule has 0 aliphatic heterocycles. The number of methoxy groups -OCH3 is 1. The number of carbonyl (C=O) groups is 3. The highest BCUT2D eigenvalue weighted by atomic mass is 35.5. The lowest BCUT2D eigenvalue weighted by Crippen LogP contribution is -2.49. The monoisotopic (exact) mass is 436 g/mol. The van der Waals surface area contributed by atoms with E-state index in [2.05, 4.69) is 10.6 Å². The number of alkyl carbamates (subject to hydrolysis) is 1. The van der Waals surface area contributed by atoms with Crippen molar-refractivity contribution in [1.82, 2.24) is 10.6 Å². The van der Waals surface area contributed by atoms with Crippen LogP contribution in [0.3, 0.4) is 0 Å². The van der Waals surface area contributed by atoms with Crippen LogP contribution < -0.4 is 10.6 Å². The molecule has 0 spiro atoms. The summed E-state index contributed by atoms with van der Waals surface area (Å²) < 4.78 is 10.1. The SMILES string of the molecule is COC(=O)C1=C(NC(=O)[C@H](Cc2ccc(Cl)cc2)NC(=O)OC(C)(C)C)CCCC1. The maximum Gasteiger partial charge on any atom is 0.408 e. The summed E-state index contributed by atoms with van der Waals surface area (Å²) in [5.41, 5.74) is 1.14. The molecular formula is C22H29ClN2O5. The minimum absolute atomic E-state index is 0.239. The van der Waals surface area contributed by atoms with Crippen LogP contribution in [0.1, 0.15) is 52.0 Å². The molecule has 0 bridgehead atoms. The quantitative estimate of drug-likeness (QED) is 0.660. The van der Waals surface area contributed by atoms with Gasteiger partial charge < -0.3 is 20.1 Å². The summed E-state index contributed by atoms with van der Waals surface area (Å²) in [6.07, 6.45) is 2.37. The fourth-order valence-corrected chi connectivity index (χ4v) is 3.27. The van der Waals surface area contributed by atoms with E-state index >= 15 is 0 Å². The van der Waals surface area contributed by atoms with Crippen LogP contribution in [-0.4, -0.2) is 36.7 Å². The standard InChI is InChI=1S/C22H29ClN2O5/c1-22(2,3)30-21(28)25-18(13-14-9-11-15(23)12-10-14)19(26)24-17-8-6-5-7-16(17)20(27)29-4/h9-12,18H,5-8,13H2,1-4H3,(H,24,26)(H,25,28)/t18-/m0/s1. The third kappa shape index (κ3) is 7.37. The van der Waals surface area contributed by atoms with E-state index in [0.717, 1.165) is 18.4 Å². The Balaban J connectivity index is 2.21. The molecule has 2 N–H and O–H groups in total. The Bertz CT molecular complexity index is 812. The molecule has 0 unspecified atom stereocenters. The Morgan fingerprint density at radius 2 is 1.73 bits per heavy atom. The summed E-state index contributed by atoms with van der Waals surface area (Å²) >= 11 is 5.94. The van der Waals surface area contributed by atoms with Crippen molar-refractivity contribution < 1.29 is 23.9 Å². The van der Waals surface area contributed by atoms with Crippen molar-refractivity contribution in [3.8, 4) is 0 Å². The minimum Gasteiger partial charge on any atom is -0.466 e. The number of carbonyl (C=O) groups excluding carboxylic acids is 3. The molecule has 7 nitrogen and oxygen atoms in total. The van der Waals surface area contributed by atoms with Crippen LogP contribution in [-0.2, 0) is 25.5 Å². The fraction of sp³-hybridized carbons (Fsp3) is 0.500. The Morgan fingerprint density at radius 1 is 1.10 bits per heavy atom. The van der Waals surface area contributed by atoms with E-state index in [1.165, 1.54) is 7.11 Å². The van der Waals surface area contributed by atoms with Gasteiger partial charge in [-0.1, -0.05) is 23.7 Å². The number of benzene rings is 1. The number of hydrogen-bond donors (Lipinski definition) is 2. The zero-order chi connectivity index (χ0) is 22.3. The van der Waals surface area contributed by atoms with Crippen LogP contribution in [0, 0.1) is 0 Å². The first-order valence-electron chi connectivity index (χ1n) is 9.94. The third-order valence-electron chi connectivity index (χ3n) is 4.53. The van der Waals surface area contributed by atoms with Crippen LogP contribution in [0.2, 0.25) is 5.02 Å². The average Bonchev–Trinajstić information content (AvgIpc) is 2.67. The lowest BCUT2D eigenvalue weighted by atomic mass is 9.95. The van der Waals surface area contributed by atoms with Crippen molar-refractivity contribution in [2.75, 3.05) is 7.11 Å². The molecule has 0 saturated carbocycles. The number of hydrogen-bond acceptors (Lipinski definition) is 5. The summed E-state index contributed by atoms with van der Waals surface area (Å²) in [6, 6.07) is 6.13. The number of allylic oxidation sites excluding steroid dienone is 1. The van der Waals surface area contributed by atoms with Gasteiger partial charge in [-0.25, -0.2) is 9.59 Å². The molecule has 8 heteroatoms. The fourth-order valence-electron chi connectivity index (χ4n) is 3.14. The average molecular weight is 437 g/mol. The number of esters is 1. The molecule has 1 aliphatic carbocycles. The van der Waals surface area contributed by atoms with Crippen molar-refractivity contribution in [3.05, 3.63) is 46.1 Å². The molecule has 0 fully saturated rings. The highest BCUT2D eigenvalue weighted by Gasteiger charge is 2.27. The number of rotatable bonds is 6. The third-order valence-corrected chi connectivity index (χ3v) is 4.79. The largest absolute Gasteiger partial charge is 0.466 e. The van der Waals surface area contributed by atoms with Crippen LogP contribution >= 0.6 is 11.6 Å².